The van der Waals surface area contributed by atoms with Crippen LogP contribution < -0.4 is 5.32 Å². The number of hydrogen-bond donors (Lipinski definition) is 1. The molecule has 0 aromatic heterocycles. The fraction of sp³-hybridized carbons (Fsp3) is 0.609. The molecule has 1 aromatic rings. The zero-order chi connectivity index (χ0) is 21.1. The first-order valence-electron chi connectivity index (χ1n) is 11.1. The number of imide groups is 1. The Morgan fingerprint density at radius 2 is 1.77 bits per heavy atom. The van der Waals surface area contributed by atoms with Gasteiger partial charge in [-0.3, -0.25) is 24.2 Å². The Bertz CT molecular complexity index is 798. The minimum absolute atomic E-state index is 0.0737. The highest BCUT2D eigenvalue weighted by atomic mass is 32.2. The van der Waals surface area contributed by atoms with Crippen molar-refractivity contribution in [3.8, 4) is 0 Å². The van der Waals surface area contributed by atoms with Crippen molar-refractivity contribution >= 4 is 35.2 Å². The predicted molar refractivity (Wildman–Crippen MR) is 119 cm³/mol. The number of amides is 3. The Labute approximate surface area is 182 Å². The summed E-state index contributed by atoms with van der Waals surface area (Å²) in [7, 11) is 0. The summed E-state index contributed by atoms with van der Waals surface area (Å²) in [6, 6.07) is 6.02. The molecule has 2 heterocycles. The lowest BCUT2D eigenvalue weighted by atomic mass is 9.81. The molecular formula is C23H31N3O3S. The van der Waals surface area contributed by atoms with Crippen molar-refractivity contribution in [1.82, 2.24) is 9.80 Å². The summed E-state index contributed by atoms with van der Waals surface area (Å²) in [4.78, 5) is 41.5. The molecule has 0 bridgehead atoms. The molecule has 3 amide bonds. The first kappa shape index (κ1) is 21.4. The maximum atomic E-state index is 12.6. The van der Waals surface area contributed by atoms with Gasteiger partial charge < -0.3 is 5.32 Å². The molecule has 0 radical (unpaired) electrons. The molecule has 2 unspecified atom stereocenters. The molecule has 0 spiro atoms. The predicted octanol–water partition coefficient (Wildman–Crippen LogP) is 3.05. The quantitative estimate of drug-likeness (QED) is 0.704. The van der Waals surface area contributed by atoms with Gasteiger partial charge in [0.2, 0.25) is 17.7 Å². The summed E-state index contributed by atoms with van der Waals surface area (Å²) in [5.41, 5.74) is 3.13. The van der Waals surface area contributed by atoms with E-state index in [-0.39, 0.29) is 42.5 Å². The van der Waals surface area contributed by atoms with Crippen molar-refractivity contribution in [1.29, 1.82) is 0 Å². The van der Waals surface area contributed by atoms with Crippen LogP contribution >= 0.6 is 11.8 Å². The van der Waals surface area contributed by atoms with Gasteiger partial charge in [0, 0.05) is 49.8 Å². The maximum absolute atomic E-state index is 12.6. The number of thioether (sulfide) groups is 1. The summed E-state index contributed by atoms with van der Waals surface area (Å²) in [6.45, 7) is 5.32. The maximum Gasteiger partial charge on any atom is 0.233 e. The number of nitrogens with one attached hydrogen (secondary N) is 1. The molecular weight excluding hydrogens is 398 g/mol. The molecule has 30 heavy (non-hydrogen) atoms. The lowest BCUT2D eigenvalue weighted by Gasteiger charge is -2.27. The van der Waals surface area contributed by atoms with E-state index in [9.17, 15) is 14.4 Å². The molecule has 3 fully saturated rings. The van der Waals surface area contributed by atoms with Gasteiger partial charge in [0.25, 0.3) is 0 Å². The molecule has 2 saturated heterocycles. The van der Waals surface area contributed by atoms with Gasteiger partial charge in [-0.25, -0.2) is 0 Å². The smallest absolute Gasteiger partial charge is 0.233 e. The average Bonchev–Trinajstić information content (AvgIpc) is 3.00. The van der Waals surface area contributed by atoms with Gasteiger partial charge in [-0.1, -0.05) is 25.0 Å². The Kier molecular flexibility index (Phi) is 6.78. The van der Waals surface area contributed by atoms with Crippen molar-refractivity contribution in [2.45, 2.75) is 45.6 Å². The first-order chi connectivity index (χ1) is 14.5. The lowest BCUT2D eigenvalue weighted by Crippen LogP contribution is -2.34. The lowest BCUT2D eigenvalue weighted by molar-refractivity contribution is -0.140. The third kappa shape index (κ3) is 4.57. The second-order valence-electron chi connectivity index (χ2n) is 8.60. The zero-order valence-electron chi connectivity index (χ0n) is 17.7. The molecule has 6 nitrogen and oxygen atoms in total. The molecule has 1 aliphatic carbocycles. The van der Waals surface area contributed by atoms with E-state index in [1.54, 1.807) is 0 Å². The van der Waals surface area contributed by atoms with Crippen LogP contribution in [-0.2, 0) is 20.9 Å². The number of benzene rings is 1. The number of carbonyl (C=O) groups is 3. The summed E-state index contributed by atoms with van der Waals surface area (Å²) in [6.07, 6.45) is 3.78. The van der Waals surface area contributed by atoms with E-state index in [2.05, 4.69) is 16.3 Å². The van der Waals surface area contributed by atoms with Crippen LogP contribution in [0.3, 0.4) is 0 Å². The van der Waals surface area contributed by atoms with Crippen molar-refractivity contribution in [2.75, 3.05) is 36.5 Å². The molecule has 1 N–H and O–H groups in total. The van der Waals surface area contributed by atoms with E-state index in [0.29, 0.717) is 0 Å². The summed E-state index contributed by atoms with van der Waals surface area (Å²) in [5, 5.41) is 2.99. The number of hydrogen-bond acceptors (Lipinski definition) is 5. The van der Waals surface area contributed by atoms with Crippen LogP contribution in [0.25, 0.3) is 0 Å². The number of likely N-dealkylation sites (tertiary alicyclic amines) is 1. The fourth-order valence-electron chi connectivity index (χ4n) is 4.87. The van der Waals surface area contributed by atoms with Gasteiger partial charge in [-0.05, 0) is 37.0 Å². The normalized spacial score (nSPS) is 24.8. The van der Waals surface area contributed by atoms with Gasteiger partial charge in [0.1, 0.15) is 0 Å². The zero-order valence-corrected chi connectivity index (χ0v) is 18.5. The summed E-state index contributed by atoms with van der Waals surface area (Å²) >= 11 is 2.00. The van der Waals surface area contributed by atoms with E-state index in [1.165, 1.54) is 22.0 Å². The van der Waals surface area contributed by atoms with Crippen LogP contribution in [0.15, 0.2) is 18.2 Å². The minimum atomic E-state index is -0.153. The summed E-state index contributed by atoms with van der Waals surface area (Å²) < 4.78 is 0. The Hall–Kier alpha value is -1.86. The number of anilines is 1. The largest absolute Gasteiger partial charge is 0.326 e. The van der Waals surface area contributed by atoms with Crippen molar-refractivity contribution in [2.24, 2.45) is 11.8 Å². The van der Waals surface area contributed by atoms with Crippen LogP contribution in [0.1, 0.15) is 43.2 Å². The molecule has 1 saturated carbocycles. The number of rotatable bonds is 6. The number of nitrogens with zero attached hydrogens (tertiary/aromatic N) is 2. The fourth-order valence-corrected chi connectivity index (χ4v) is 5.85. The van der Waals surface area contributed by atoms with Crippen LogP contribution in [0.2, 0.25) is 0 Å². The third-order valence-corrected chi connectivity index (χ3v) is 7.66. The van der Waals surface area contributed by atoms with Gasteiger partial charge in [-0.15, -0.1) is 0 Å². The SMILES string of the molecule is Cc1c(CN2CCSCC2)cccc1NC(=O)CCN1C(=O)C2CCCCC2C1=O. The highest BCUT2D eigenvalue weighted by Gasteiger charge is 2.47. The first-order valence-corrected chi connectivity index (χ1v) is 12.2. The Morgan fingerprint density at radius 1 is 1.10 bits per heavy atom. The second kappa shape index (κ2) is 9.52. The molecule has 2 atom stereocenters. The van der Waals surface area contributed by atoms with Gasteiger partial charge in [0.15, 0.2) is 0 Å². The summed E-state index contributed by atoms with van der Waals surface area (Å²) in [5.74, 6) is 1.74. The number of fused-ring (bicyclic) bond motifs is 1. The average molecular weight is 430 g/mol. The molecule has 3 aliphatic rings. The van der Waals surface area contributed by atoms with Crippen LogP contribution in [0.4, 0.5) is 5.69 Å². The Morgan fingerprint density at radius 3 is 2.43 bits per heavy atom. The van der Waals surface area contributed by atoms with Crippen LogP contribution in [0.5, 0.6) is 0 Å². The van der Waals surface area contributed by atoms with Crippen molar-refractivity contribution < 1.29 is 14.4 Å². The van der Waals surface area contributed by atoms with Crippen molar-refractivity contribution in [3.63, 3.8) is 0 Å². The van der Waals surface area contributed by atoms with E-state index >= 15 is 0 Å². The van der Waals surface area contributed by atoms with Crippen molar-refractivity contribution in [3.05, 3.63) is 29.3 Å². The van der Waals surface area contributed by atoms with E-state index in [0.717, 1.165) is 56.6 Å². The molecule has 7 heteroatoms. The van der Waals surface area contributed by atoms with Gasteiger partial charge in [0.05, 0.1) is 11.8 Å². The molecule has 1 aromatic carbocycles. The van der Waals surface area contributed by atoms with Gasteiger partial charge >= 0.3 is 0 Å². The van der Waals surface area contributed by atoms with E-state index < -0.39 is 0 Å². The van der Waals surface area contributed by atoms with Crippen LogP contribution in [-0.4, -0.2) is 58.7 Å². The second-order valence-corrected chi connectivity index (χ2v) is 9.83. The number of carbonyl (C=O) groups excluding carboxylic acids is 3. The topological polar surface area (TPSA) is 69.7 Å². The third-order valence-electron chi connectivity index (χ3n) is 6.71. The highest BCUT2D eigenvalue weighted by Crippen LogP contribution is 2.38. The minimum Gasteiger partial charge on any atom is -0.326 e. The van der Waals surface area contributed by atoms with Crippen LogP contribution in [0, 0.1) is 18.8 Å². The molecule has 2 aliphatic heterocycles. The van der Waals surface area contributed by atoms with E-state index in [4.69, 9.17) is 0 Å². The van der Waals surface area contributed by atoms with E-state index in [1.807, 2.05) is 30.8 Å². The molecule has 4 rings (SSSR count). The standard InChI is InChI=1S/C23H31N3O3S/c1-16-17(15-25-11-13-30-14-12-25)5-4-8-20(16)24-21(27)9-10-26-22(28)18-6-2-3-7-19(18)23(26)29/h4-5,8,18-19H,2-3,6-7,9-15H2,1H3,(H,24,27). The Balaban J connectivity index is 1.33. The van der Waals surface area contributed by atoms with Gasteiger partial charge in [-0.2, -0.15) is 11.8 Å². The molecule has 162 valence electrons. The highest BCUT2D eigenvalue weighted by molar-refractivity contribution is 7.99. The monoisotopic (exact) mass is 429 g/mol.